The van der Waals surface area contributed by atoms with Crippen LogP contribution in [0.1, 0.15) is 31.9 Å². The smallest absolute Gasteiger partial charge is 0.311 e. The van der Waals surface area contributed by atoms with Gasteiger partial charge in [-0.15, -0.1) is 0 Å². The van der Waals surface area contributed by atoms with Gasteiger partial charge in [0.2, 0.25) is 0 Å². The van der Waals surface area contributed by atoms with Gasteiger partial charge in [-0.1, -0.05) is 11.6 Å². The number of ether oxygens (including phenoxy) is 1. The third-order valence-electron chi connectivity index (χ3n) is 2.17. The molecule has 0 radical (unpaired) electrons. The molecule has 1 aromatic rings. The standard InChI is InChI=1S/C13H17FO2/c1-9-5-6-11(14)10(7-9)8-16-12(15)13(2,3)4/h5-7H,8H2,1-4H3. The molecule has 0 aliphatic rings. The van der Waals surface area contributed by atoms with E-state index in [0.29, 0.717) is 5.56 Å². The van der Waals surface area contributed by atoms with Gasteiger partial charge in [-0.3, -0.25) is 4.79 Å². The van der Waals surface area contributed by atoms with Crippen LogP contribution in [0.5, 0.6) is 0 Å². The number of carbonyl (C=O) groups is 1. The summed E-state index contributed by atoms with van der Waals surface area (Å²) >= 11 is 0. The van der Waals surface area contributed by atoms with E-state index in [9.17, 15) is 9.18 Å². The predicted molar refractivity (Wildman–Crippen MR) is 60.4 cm³/mol. The number of carbonyl (C=O) groups excluding carboxylic acids is 1. The van der Waals surface area contributed by atoms with E-state index in [1.165, 1.54) is 6.07 Å². The van der Waals surface area contributed by atoms with E-state index in [2.05, 4.69) is 0 Å². The highest BCUT2D eigenvalue weighted by Crippen LogP contribution is 2.17. The number of hydrogen-bond donors (Lipinski definition) is 0. The molecule has 0 aromatic heterocycles. The molecule has 0 aliphatic heterocycles. The van der Waals surface area contributed by atoms with Gasteiger partial charge < -0.3 is 4.74 Å². The summed E-state index contributed by atoms with van der Waals surface area (Å²) in [6.07, 6.45) is 0. The molecule has 1 rings (SSSR count). The monoisotopic (exact) mass is 224 g/mol. The number of esters is 1. The lowest BCUT2D eigenvalue weighted by Crippen LogP contribution is -2.22. The molecule has 0 unspecified atom stereocenters. The minimum Gasteiger partial charge on any atom is -0.460 e. The van der Waals surface area contributed by atoms with E-state index in [0.717, 1.165) is 5.56 Å². The maximum Gasteiger partial charge on any atom is 0.311 e. The van der Waals surface area contributed by atoms with Crippen LogP contribution in [0.25, 0.3) is 0 Å². The Morgan fingerprint density at radius 1 is 1.38 bits per heavy atom. The van der Waals surface area contributed by atoms with Gasteiger partial charge in [-0.25, -0.2) is 4.39 Å². The van der Waals surface area contributed by atoms with Crippen molar-refractivity contribution < 1.29 is 13.9 Å². The molecular weight excluding hydrogens is 207 g/mol. The summed E-state index contributed by atoms with van der Waals surface area (Å²) < 4.78 is 18.4. The quantitative estimate of drug-likeness (QED) is 0.721. The SMILES string of the molecule is Cc1ccc(F)c(COC(=O)C(C)(C)C)c1. The number of hydrogen-bond acceptors (Lipinski definition) is 2. The number of aryl methyl sites for hydroxylation is 1. The van der Waals surface area contributed by atoms with Crippen molar-refractivity contribution in [2.24, 2.45) is 5.41 Å². The third-order valence-corrected chi connectivity index (χ3v) is 2.17. The molecule has 2 nitrogen and oxygen atoms in total. The lowest BCUT2D eigenvalue weighted by atomic mass is 9.97. The van der Waals surface area contributed by atoms with Gasteiger partial charge in [0.15, 0.2) is 0 Å². The molecule has 88 valence electrons. The lowest BCUT2D eigenvalue weighted by Gasteiger charge is -2.16. The highest BCUT2D eigenvalue weighted by molar-refractivity contribution is 5.75. The van der Waals surface area contributed by atoms with Crippen LogP contribution in [0.4, 0.5) is 4.39 Å². The Labute approximate surface area is 95.4 Å². The topological polar surface area (TPSA) is 26.3 Å². The van der Waals surface area contributed by atoms with Crippen molar-refractivity contribution in [1.82, 2.24) is 0 Å². The zero-order chi connectivity index (χ0) is 12.3. The Bertz CT molecular complexity index is 391. The second-order valence-electron chi connectivity index (χ2n) is 4.92. The van der Waals surface area contributed by atoms with Gasteiger partial charge in [0.25, 0.3) is 0 Å². The van der Waals surface area contributed by atoms with Crippen LogP contribution in [-0.2, 0) is 16.1 Å². The van der Waals surface area contributed by atoms with Crippen molar-refractivity contribution in [3.63, 3.8) is 0 Å². The molecule has 0 amide bonds. The third kappa shape index (κ3) is 3.33. The van der Waals surface area contributed by atoms with Crippen LogP contribution in [-0.4, -0.2) is 5.97 Å². The molecule has 3 heteroatoms. The fraction of sp³-hybridized carbons (Fsp3) is 0.462. The van der Waals surface area contributed by atoms with E-state index in [4.69, 9.17) is 4.74 Å². The van der Waals surface area contributed by atoms with E-state index >= 15 is 0 Å². The summed E-state index contributed by atoms with van der Waals surface area (Å²) in [4.78, 5) is 11.5. The van der Waals surface area contributed by atoms with Crippen molar-refractivity contribution in [3.05, 3.63) is 35.1 Å². The summed E-state index contributed by atoms with van der Waals surface area (Å²) in [5, 5.41) is 0. The molecule has 0 aliphatic carbocycles. The largest absolute Gasteiger partial charge is 0.460 e. The van der Waals surface area contributed by atoms with Crippen LogP contribution in [0.2, 0.25) is 0 Å². The van der Waals surface area contributed by atoms with Crippen molar-refractivity contribution in [2.45, 2.75) is 34.3 Å². The molecule has 16 heavy (non-hydrogen) atoms. The van der Waals surface area contributed by atoms with E-state index in [1.807, 2.05) is 6.92 Å². The summed E-state index contributed by atoms with van der Waals surface area (Å²) in [6, 6.07) is 4.76. The highest BCUT2D eigenvalue weighted by atomic mass is 19.1. The van der Waals surface area contributed by atoms with Crippen LogP contribution >= 0.6 is 0 Å². The van der Waals surface area contributed by atoms with Crippen LogP contribution in [0.3, 0.4) is 0 Å². The maximum absolute atomic E-state index is 13.3. The average Bonchev–Trinajstić information content (AvgIpc) is 2.17. The fourth-order valence-electron chi connectivity index (χ4n) is 1.17. The molecular formula is C13H17FO2. The first kappa shape index (κ1) is 12.7. The first-order valence-electron chi connectivity index (χ1n) is 5.23. The first-order valence-corrected chi connectivity index (χ1v) is 5.23. The molecule has 1 aromatic carbocycles. The second-order valence-corrected chi connectivity index (χ2v) is 4.92. The minimum absolute atomic E-state index is 0.0103. The van der Waals surface area contributed by atoms with Gasteiger partial charge in [-0.2, -0.15) is 0 Å². The van der Waals surface area contributed by atoms with Crippen molar-refractivity contribution in [2.75, 3.05) is 0 Å². The highest BCUT2D eigenvalue weighted by Gasteiger charge is 2.23. The Hall–Kier alpha value is -1.38. The van der Waals surface area contributed by atoms with Crippen molar-refractivity contribution in [1.29, 1.82) is 0 Å². The zero-order valence-electron chi connectivity index (χ0n) is 10.1. The van der Waals surface area contributed by atoms with E-state index in [1.54, 1.807) is 32.9 Å². The summed E-state index contributed by atoms with van der Waals surface area (Å²) in [5.41, 5.74) is 0.807. The lowest BCUT2D eigenvalue weighted by molar-refractivity contribution is -0.154. The number of rotatable bonds is 2. The van der Waals surface area contributed by atoms with Crippen LogP contribution in [0, 0.1) is 18.2 Å². The predicted octanol–water partition coefficient (Wildman–Crippen LogP) is 3.22. The van der Waals surface area contributed by atoms with Gasteiger partial charge >= 0.3 is 5.97 Å². The number of halogens is 1. The molecule has 0 atom stereocenters. The summed E-state index contributed by atoms with van der Waals surface area (Å²) in [6.45, 7) is 7.16. The normalized spacial score (nSPS) is 11.3. The van der Waals surface area contributed by atoms with Crippen LogP contribution in [0.15, 0.2) is 18.2 Å². The van der Waals surface area contributed by atoms with Gasteiger partial charge in [0.1, 0.15) is 12.4 Å². The van der Waals surface area contributed by atoms with Crippen molar-refractivity contribution in [3.8, 4) is 0 Å². The Kier molecular flexibility index (Phi) is 3.68. The minimum atomic E-state index is -0.555. The average molecular weight is 224 g/mol. The van der Waals surface area contributed by atoms with E-state index < -0.39 is 5.41 Å². The van der Waals surface area contributed by atoms with Crippen molar-refractivity contribution >= 4 is 5.97 Å². The maximum atomic E-state index is 13.3. The Balaban J connectivity index is 2.68. The fourth-order valence-corrected chi connectivity index (χ4v) is 1.17. The molecule has 0 spiro atoms. The van der Waals surface area contributed by atoms with Gasteiger partial charge in [0, 0.05) is 5.56 Å². The summed E-state index contributed by atoms with van der Waals surface area (Å²) in [5.74, 6) is -0.666. The Morgan fingerprint density at radius 2 is 2.00 bits per heavy atom. The molecule has 0 saturated carbocycles. The van der Waals surface area contributed by atoms with Gasteiger partial charge in [-0.05, 0) is 39.8 Å². The van der Waals surface area contributed by atoms with Crippen LogP contribution < -0.4 is 0 Å². The number of benzene rings is 1. The molecule has 0 bridgehead atoms. The molecule has 0 heterocycles. The second kappa shape index (κ2) is 4.64. The Morgan fingerprint density at radius 3 is 2.56 bits per heavy atom. The summed E-state index contributed by atoms with van der Waals surface area (Å²) in [7, 11) is 0. The molecule has 0 fully saturated rings. The zero-order valence-corrected chi connectivity index (χ0v) is 10.1. The van der Waals surface area contributed by atoms with E-state index in [-0.39, 0.29) is 18.4 Å². The molecule has 0 N–H and O–H groups in total. The van der Waals surface area contributed by atoms with Gasteiger partial charge in [0.05, 0.1) is 5.41 Å². The first-order chi connectivity index (χ1) is 7.30. The molecule has 0 saturated heterocycles.